The van der Waals surface area contributed by atoms with E-state index >= 15 is 0 Å². The van der Waals surface area contributed by atoms with Gasteiger partial charge in [-0.3, -0.25) is 14.5 Å². The fourth-order valence-corrected chi connectivity index (χ4v) is 3.81. The van der Waals surface area contributed by atoms with Gasteiger partial charge in [0.15, 0.2) is 0 Å². The number of rotatable bonds is 7. The van der Waals surface area contributed by atoms with E-state index in [1.165, 1.54) is 0 Å². The molecule has 1 fully saturated rings. The smallest absolute Gasteiger partial charge is 0.237 e. The molecule has 0 bridgehead atoms. The molecule has 0 aromatic carbocycles. The van der Waals surface area contributed by atoms with Gasteiger partial charge >= 0.3 is 0 Å². The molecule has 1 aromatic heterocycles. The van der Waals surface area contributed by atoms with Crippen molar-refractivity contribution in [3.05, 3.63) is 16.1 Å². The maximum absolute atomic E-state index is 12.6. The van der Waals surface area contributed by atoms with Crippen molar-refractivity contribution in [1.82, 2.24) is 20.1 Å². The predicted molar refractivity (Wildman–Crippen MR) is 101 cm³/mol. The van der Waals surface area contributed by atoms with Gasteiger partial charge in [-0.2, -0.15) is 0 Å². The summed E-state index contributed by atoms with van der Waals surface area (Å²) in [5.74, 6) is 0.806. The zero-order valence-corrected chi connectivity index (χ0v) is 16.7. The van der Waals surface area contributed by atoms with E-state index < -0.39 is 0 Å². The Hall–Kier alpha value is -1.47. The lowest BCUT2D eigenvalue weighted by atomic mass is 10.1. The van der Waals surface area contributed by atoms with Gasteiger partial charge in [0.25, 0.3) is 0 Å². The summed E-state index contributed by atoms with van der Waals surface area (Å²) in [7, 11) is 1.78. The van der Waals surface area contributed by atoms with Crippen LogP contribution in [0.15, 0.2) is 5.38 Å². The van der Waals surface area contributed by atoms with E-state index in [4.69, 9.17) is 0 Å². The second-order valence-corrected chi connectivity index (χ2v) is 8.37. The van der Waals surface area contributed by atoms with Gasteiger partial charge in [-0.25, -0.2) is 4.98 Å². The van der Waals surface area contributed by atoms with Crippen molar-refractivity contribution >= 4 is 23.2 Å². The maximum atomic E-state index is 12.6. The molecule has 1 saturated heterocycles. The molecule has 2 amide bonds. The molecule has 1 atom stereocenters. The Morgan fingerprint density at radius 1 is 1.44 bits per heavy atom. The third kappa shape index (κ3) is 5.51. The molecule has 2 heterocycles. The third-order valence-electron chi connectivity index (χ3n) is 4.30. The van der Waals surface area contributed by atoms with E-state index in [-0.39, 0.29) is 24.3 Å². The summed E-state index contributed by atoms with van der Waals surface area (Å²) < 4.78 is 0. The average Bonchev–Trinajstić information content (AvgIpc) is 2.98. The van der Waals surface area contributed by atoms with Crippen LogP contribution in [0.25, 0.3) is 0 Å². The molecule has 0 saturated carbocycles. The van der Waals surface area contributed by atoms with Crippen LogP contribution in [0.3, 0.4) is 0 Å². The van der Waals surface area contributed by atoms with Gasteiger partial charge in [0.1, 0.15) is 0 Å². The van der Waals surface area contributed by atoms with Gasteiger partial charge in [0.05, 0.1) is 29.7 Å². The van der Waals surface area contributed by atoms with Gasteiger partial charge in [-0.05, 0) is 5.92 Å². The highest BCUT2D eigenvalue weighted by atomic mass is 32.1. The number of carbonyl (C=O) groups excluding carboxylic acids is 2. The van der Waals surface area contributed by atoms with Crippen molar-refractivity contribution in [3.8, 4) is 0 Å². The van der Waals surface area contributed by atoms with Crippen LogP contribution in [0.4, 0.5) is 0 Å². The number of aromatic nitrogens is 1. The molecule has 140 valence electrons. The standard InChI is InChI=1S/C18H30N4O2S/c1-12(2)9-22-7-6-19-17(24)15(22)8-16(23)21(5)10-14-11-25-18(20-14)13(3)4/h11-13,15H,6-10H2,1-5H3,(H,19,24)/t15-/m1/s1. The van der Waals surface area contributed by atoms with Crippen LogP contribution in [-0.4, -0.2) is 59.3 Å². The molecule has 0 radical (unpaired) electrons. The number of hydrogen-bond donors (Lipinski definition) is 1. The Bertz CT molecular complexity index is 600. The van der Waals surface area contributed by atoms with Crippen molar-refractivity contribution < 1.29 is 9.59 Å². The summed E-state index contributed by atoms with van der Waals surface area (Å²) in [6.45, 7) is 11.3. The van der Waals surface area contributed by atoms with Crippen molar-refractivity contribution in [2.24, 2.45) is 5.92 Å². The number of piperazine rings is 1. The number of nitrogens with zero attached hydrogens (tertiary/aromatic N) is 3. The molecule has 7 heteroatoms. The SMILES string of the molecule is CC(C)CN1CCNC(=O)[C@H]1CC(=O)N(C)Cc1csc(C(C)C)n1. The molecule has 0 aliphatic carbocycles. The molecule has 2 rings (SSSR count). The lowest BCUT2D eigenvalue weighted by molar-refractivity contribution is -0.138. The van der Waals surface area contributed by atoms with E-state index in [2.05, 4.69) is 42.9 Å². The number of hydrogen-bond acceptors (Lipinski definition) is 5. The van der Waals surface area contributed by atoms with Gasteiger partial charge in [0, 0.05) is 38.0 Å². The molecule has 1 aromatic rings. The lowest BCUT2D eigenvalue weighted by Gasteiger charge is -2.36. The van der Waals surface area contributed by atoms with Crippen LogP contribution in [0, 0.1) is 5.92 Å². The number of thiazole rings is 1. The van der Waals surface area contributed by atoms with Crippen molar-refractivity contribution in [3.63, 3.8) is 0 Å². The first-order chi connectivity index (χ1) is 11.8. The second kappa shape index (κ2) is 8.76. The molecule has 1 N–H and O–H groups in total. The van der Waals surface area contributed by atoms with Crippen LogP contribution >= 0.6 is 11.3 Å². The highest BCUT2D eigenvalue weighted by Crippen LogP contribution is 2.20. The molecule has 1 aliphatic heterocycles. The fourth-order valence-electron chi connectivity index (χ4n) is 2.98. The first-order valence-corrected chi connectivity index (χ1v) is 9.86. The molecule has 0 unspecified atom stereocenters. The largest absolute Gasteiger partial charge is 0.353 e. The summed E-state index contributed by atoms with van der Waals surface area (Å²) in [5.41, 5.74) is 0.914. The summed E-state index contributed by atoms with van der Waals surface area (Å²) in [5, 5.41) is 5.98. The van der Waals surface area contributed by atoms with E-state index in [1.807, 2.05) is 5.38 Å². The highest BCUT2D eigenvalue weighted by Gasteiger charge is 2.32. The van der Waals surface area contributed by atoms with Crippen LogP contribution < -0.4 is 5.32 Å². The van der Waals surface area contributed by atoms with Gasteiger partial charge in [-0.1, -0.05) is 27.7 Å². The third-order valence-corrected chi connectivity index (χ3v) is 5.49. The highest BCUT2D eigenvalue weighted by molar-refractivity contribution is 7.09. The molecule has 25 heavy (non-hydrogen) atoms. The fraction of sp³-hybridized carbons (Fsp3) is 0.722. The molecular formula is C18H30N4O2S. The van der Waals surface area contributed by atoms with E-state index in [1.54, 1.807) is 23.3 Å². The predicted octanol–water partition coefficient (Wildman–Crippen LogP) is 2.07. The zero-order valence-electron chi connectivity index (χ0n) is 15.9. The number of nitrogens with one attached hydrogen (secondary N) is 1. The molecular weight excluding hydrogens is 336 g/mol. The van der Waals surface area contributed by atoms with Crippen molar-refractivity contribution in [1.29, 1.82) is 0 Å². The van der Waals surface area contributed by atoms with Gasteiger partial charge in [0.2, 0.25) is 11.8 Å². The first-order valence-electron chi connectivity index (χ1n) is 8.98. The normalized spacial score (nSPS) is 18.7. The summed E-state index contributed by atoms with van der Waals surface area (Å²) in [6, 6.07) is -0.368. The monoisotopic (exact) mass is 366 g/mol. The number of amides is 2. The molecule has 0 spiro atoms. The van der Waals surface area contributed by atoms with E-state index in [0.717, 1.165) is 23.8 Å². The van der Waals surface area contributed by atoms with Crippen molar-refractivity contribution in [2.75, 3.05) is 26.7 Å². The number of carbonyl (C=O) groups is 2. The Labute approximate surface area is 154 Å². The minimum absolute atomic E-state index is 0.0186. The topological polar surface area (TPSA) is 65.5 Å². The van der Waals surface area contributed by atoms with Crippen LogP contribution in [0.5, 0.6) is 0 Å². The maximum Gasteiger partial charge on any atom is 0.237 e. The minimum Gasteiger partial charge on any atom is -0.353 e. The lowest BCUT2D eigenvalue weighted by Crippen LogP contribution is -2.57. The Balaban J connectivity index is 1.96. The van der Waals surface area contributed by atoms with Gasteiger partial charge in [-0.15, -0.1) is 11.3 Å². The molecule has 1 aliphatic rings. The summed E-state index contributed by atoms with van der Waals surface area (Å²) in [6.07, 6.45) is 0.218. The summed E-state index contributed by atoms with van der Waals surface area (Å²) in [4.78, 5) is 33.3. The van der Waals surface area contributed by atoms with E-state index in [0.29, 0.717) is 24.9 Å². The summed E-state index contributed by atoms with van der Waals surface area (Å²) >= 11 is 1.63. The Morgan fingerprint density at radius 2 is 2.16 bits per heavy atom. The van der Waals surface area contributed by atoms with Crippen LogP contribution in [-0.2, 0) is 16.1 Å². The molecule has 6 nitrogen and oxygen atoms in total. The van der Waals surface area contributed by atoms with Crippen molar-refractivity contribution in [2.45, 2.75) is 52.6 Å². The average molecular weight is 367 g/mol. The van der Waals surface area contributed by atoms with E-state index in [9.17, 15) is 9.59 Å². The Kier molecular flexibility index (Phi) is 6.95. The second-order valence-electron chi connectivity index (χ2n) is 7.48. The first kappa shape index (κ1) is 19.8. The zero-order chi connectivity index (χ0) is 18.6. The van der Waals surface area contributed by atoms with Crippen LogP contribution in [0.2, 0.25) is 0 Å². The Morgan fingerprint density at radius 3 is 2.76 bits per heavy atom. The van der Waals surface area contributed by atoms with Gasteiger partial charge < -0.3 is 10.2 Å². The minimum atomic E-state index is -0.368. The van der Waals surface area contributed by atoms with Crippen LogP contribution in [0.1, 0.15) is 50.7 Å². The quantitative estimate of drug-likeness (QED) is 0.802.